The van der Waals surface area contributed by atoms with Crippen LogP contribution in [0.1, 0.15) is 29.9 Å². The maximum absolute atomic E-state index is 13.8. The van der Waals surface area contributed by atoms with Crippen LogP contribution >= 0.6 is 0 Å². The minimum Gasteiger partial charge on any atom is -0.338 e. The molecule has 0 atom stereocenters. The van der Waals surface area contributed by atoms with Crippen molar-refractivity contribution in [3.63, 3.8) is 0 Å². The smallest absolute Gasteiger partial charge is 0.273 e. The number of nitrogens with zero attached hydrogens (tertiary/aromatic N) is 3. The highest BCUT2D eigenvalue weighted by molar-refractivity contribution is 5.93. The van der Waals surface area contributed by atoms with Gasteiger partial charge in [0.25, 0.3) is 5.91 Å². The Labute approximate surface area is 157 Å². The van der Waals surface area contributed by atoms with E-state index in [1.807, 2.05) is 44.2 Å². The molecule has 0 fully saturated rings. The van der Waals surface area contributed by atoms with Crippen LogP contribution in [0.25, 0.3) is 0 Å². The zero-order valence-electron chi connectivity index (χ0n) is 15.3. The molecule has 0 saturated carbocycles. The number of hydrogen-bond donors (Lipinski definition) is 1. The Morgan fingerprint density at radius 1 is 1.07 bits per heavy atom. The molecule has 0 spiro atoms. The van der Waals surface area contributed by atoms with E-state index in [-0.39, 0.29) is 17.6 Å². The molecule has 0 unspecified atom stereocenters. The molecule has 138 valence electrons. The first-order valence-corrected chi connectivity index (χ1v) is 8.73. The van der Waals surface area contributed by atoms with Gasteiger partial charge in [0.15, 0.2) is 0 Å². The van der Waals surface area contributed by atoms with Gasteiger partial charge in [0, 0.05) is 18.7 Å². The van der Waals surface area contributed by atoms with Crippen molar-refractivity contribution in [1.29, 1.82) is 0 Å². The molecule has 0 aliphatic heterocycles. The third-order valence-corrected chi connectivity index (χ3v) is 4.10. The summed E-state index contributed by atoms with van der Waals surface area (Å²) >= 11 is 0. The number of anilines is 2. The zero-order chi connectivity index (χ0) is 19.2. The third kappa shape index (κ3) is 4.67. The van der Waals surface area contributed by atoms with Crippen molar-refractivity contribution in [3.8, 4) is 0 Å². The Bertz CT molecular complexity index is 915. The van der Waals surface area contributed by atoms with Crippen LogP contribution in [0.4, 0.5) is 15.9 Å². The molecule has 0 aliphatic carbocycles. The normalized spacial score (nSPS) is 10.7. The van der Waals surface area contributed by atoms with Gasteiger partial charge >= 0.3 is 0 Å². The second kappa shape index (κ2) is 8.40. The second-order valence-electron chi connectivity index (χ2n) is 6.41. The van der Waals surface area contributed by atoms with Crippen LogP contribution in [-0.2, 0) is 6.54 Å². The lowest BCUT2D eigenvalue weighted by Gasteiger charge is -2.26. The van der Waals surface area contributed by atoms with Crippen molar-refractivity contribution < 1.29 is 9.18 Å². The van der Waals surface area contributed by atoms with Crippen molar-refractivity contribution in [3.05, 3.63) is 84.1 Å². The summed E-state index contributed by atoms with van der Waals surface area (Å²) < 4.78 is 13.8. The van der Waals surface area contributed by atoms with Crippen LogP contribution in [0.15, 0.2) is 67.0 Å². The molecular formula is C21H21FN4O. The first kappa shape index (κ1) is 18.5. The first-order valence-electron chi connectivity index (χ1n) is 8.73. The number of nitrogens with one attached hydrogen (secondary N) is 1. The topological polar surface area (TPSA) is 58.1 Å². The highest BCUT2D eigenvalue weighted by atomic mass is 19.1. The second-order valence-corrected chi connectivity index (χ2v) is 6.41. The lowest BCUT2D eigenvalue weighted by molar-refractivity contribution is 0.0684. The fraction of sp³-hybridized carbons (Fsp3) is 0.190. The molecule has 6 heteroatoms. The van der Waals surface area contributed by atoms with Gasteiger partial charge in [-0.3, -0.25) is 4.79 Å². The van der Waals surface area contributed by atoms with Gasteiger partial charge in [-0.25, -0.2) is 14.4 Å². The van der Waals surface area contributed by atoms with Crippen molar-refractivity contribution in [2.45, 2.75) is 26.4 Å². The molecule has 27 heavy (non-hydrogen) atoms. The molecule has 1 heterocycles. The van der Waals surface area contributed by atoms with Gasteiger partial charge in [-0.1, -0.05) is 42.5 Å². The molecule has 0 bridgehead atoms. The molecule has 0 saturated heterocycles. The highest BCUT2D eigenvalue weighted by Gasteiger charge is 2.21. The fourth-order valence-corrected chi connectivity index (χ4v) is 2.66. The van der Waals surface area contributed by atoms with Gasteiger partial charge < -0.3 is 10.2 Å². The van der Waals surface area contributed by atoms with Crippen LogP contribution in [0.5, 0.6) is 0 Å². The van der Waals surface area contributed by atoms with Gasteiger partial charge in [0.1, 0.15) is 23.7 Å². The van der Waals surface area contributed by atoms with E-state index in [4.69, 9.17) is 0 Å². The summed E-state index contributed by atoms with van der Waals surface area (Å²) in [6.07, 6.45) is 1.30. The predicted molar refractivity (Wildman–Crippen MR) is 103 cm³/mol. The van der Waals surface area contributed by atoms with E-state index in [0.29, 0.717) is 18.1 Å². The van der Waals surface area contributed by atoms with Crippen LogP contribution in [0.3, 0.4) is 0 Å². The van der Waals surface area contributed by atoms with E-state index < -0.39 is 5.82 Å². The van der Waals surface area contributed by atoms with E-state index in [2.05, 4.69) is 15.3 Å². The van der Waals surface area contributed by atoms with E-state index in [1.165, 1.54) is 18.5 Å². The Hall–Kier alpha value is -3.28. The molecule has 3 rings (SSSR count). The number of rotatable bonds is 6. The molecule has 0 aliphatic rings. The first-order chi connectivity index (χ1) is 13.0. The number of carbonyl (C=O) groups is 1. The summed E-state index contributed by atoms with van der Waals surface area (Å²) in [7, 11) is 0. The molecule has 1 N–H and O–H groups in total. The quantitative estimate of drug-likeness (QED) is 0.704. The average molecular weight is 364 g/mol. The van der Waals surface area contributed by atoms with Crippen LogP contribution in [0, 0.1) is 5.82 Å². The maximum Gasteiger partial charge on any atom is 0.273 e. The molecule has 1 amide bonds. The van der Waals surface area contributed by atoms with E-state index in [9.17, 15) is 9.18 Å². The highest BCUT2D eigenvalue weighted by Crippen LogP contribution is 2.19. The van der Waals surface area contributed by atoms with Gasteiger partial charge in [-0.2, -0.15) is 0 Å². The van der Waals surface area contributed by atoms with E-state index in [0.717, 1.165) is 5.56 Å². The van der Waals surface area contributed by atoms with Crippen LogP contribution in [0.2, 0.25) is 0 Å². The van der Waals surface area contributed by atoms with Gasteiger partial charge in [0.05, 0.1) is 5.69 Å². The Kier molecular flexibility index (Phi) is 5.76. The number of halogens is 1. The van der Waals surface area contributed by atoms with Crippen LogP contribution < -0.4 is 5.32 Å². The predicted octanol–water partition coefficient (Wildman–Crippen LogP) is 4.41. The number of aromatic nitrogens is 2. The van der Waals surface area contributed by atoms with Gasteiger partial charge in [-0.05, 0) is 31.5 Å². The molecule has 3 aromatic rings. The summed E-state index contributed by atoms with van der Waals surface area (Å²) in [5.74, 6) is -0.230. The fourth-order valence-electron chi connectivity index (χ4n) is 2.66. The molecule has 0 radical (unpaired) electrons. The minimum absolute atomic E-state index is 0.00403. The van der Waals surface area contributed by atoms with Crippen molar-refractivity contribution in [1.82, 2.24) is 14.9 Å². The number of benzene rings is 2. The van der Waals surface area contributed by atoms with Gasteiger partial charge in [-0.15, -0.1) is 0 Å². The number of para-hydroxylation sites is 1. The molecule has 5 nitrogen and oxygen atoms in total. The van der Waals surface area contributed by atoms with Crippen LogP contribution in [-0.4, -0.2) is 26.8 Å². The summed E-state index contributed by atoms with van der Waals surface area (Å²) in [4.78, 5) is 22.9. The zero-order valence-corrected chi connectivity index (χ0v) is 15.3. The monoisotopic (exact) mass is 364 g/mol. The SMILES string of the molecule is CC(C)N(Cc1ccccc1)C(=O)c1cc(Nc2ccccc2F)ncn1. The van der Waals surface area contributed by atoms with Crippen molar-refractivity contribution >= 4 is 17.4 Å². The van der Waals surface area contributed by atoms with E-state index >= 15 is 0 Å². The average Bonchev–Trinajstić information content (AvgIpc) is 2.68. The summed E-state index contributed by atoms with van der Waals surface area (Å²) in [5, 5.41) is 2.89. The maximum atomic E-state index is 13.8. The van der Waals surface area contributed by atoms with Gasteiger partial charge in [0.2, 0.25) is 0 Å². The Morgan fingerprint density at radius 2 is 1.78 bits per heavy atom. The number of amides is 1. The summed E-state index contributed by atoms with van der Waals surface area (Å²) in [5.41, 5.74) is 1.59. The summed E-state index contributed by atoms with van der Waals surface area (Å²) in [6, 6.07) is 17.6. The summed E-state index contributed by atoms with van der Waals surface area (Å²) in [6.45, 7) is 4.40. The molecule has 1 aromatic heterocycles. The Balaban J connectivity index is 1.81. The molecular weight excluding hydrogens is 343 g/mol. The van der Waals surface area contributed by atoms with Crippen molar-refractivity contribution in [2.24, 2.45) is 0 Å². The molecule has 2 aromatic carbocycles. The van der Waals surface area contributed by atoms with Crippen molar-refractivity contribution in [2.75, 3.05) is 5.32 Å². The lowest BCUT2D eigenvalue weighted by atomic mass is 10.1. The lowest BCUT2D eigenvalue weighted by Crippen LogP contribution is -2.36. The third-order valence-electron chi connectivity index (χ3n) is 4.10. The number of carbonyl (C=O) groups excluding carboxylic acids is 1. The Morgan fingerprint density at radius 3 is 2.48 bits per heavy atom. The standard InChI is InChI=1S/C21H21FN4O/c1-15(2)26(13-16-8-4-3-5-9-16)21(27)19-12-20(24-14-23-19)25-18-11-7-6-10-17(18)22/h3-12,14-15H,13H2,1-2H3,(H,23,24,25). The van der Waals surface area contributed by atoms with E-state index in [1.54, 1.807) is 23.1 Å². The largest absolute Gasteiger partial charge is 0.338 e. The number of hydrogen-bond acceptors (Lipinski definition) is 4. The minimum atomic E-state index is -0.392.